The lowest BCUT2D eigenvalue weighted by molar-refractivity contribution is 0.0600. The van der Waals surface area contributed by atoms with Crippen LogP contribution in [-0.4, -0.2) is 44.0 Å². The molecule has 0 aliphatic heterocycles. The average Bonchev–Trinajstić information content (AvgIpc) is 2.89. The van der Waals surface area contributed by atoms with Crippen molar-refractivity contribution in [1.82, 2.24) is 10.2 Å². The Morgan fingerprint density at radius 3 is 2.03 bits per heavy atom. The molecular weight excluding hydrogens is 470 g/mol. The van der Waals surface area contributed by atoms with E-state index < -0.39 is 6.03 Å². The lowest BCUT2D eigenvalue weighted by atomic mass is 9.94. The van der Waals surface area contributed by atoms with Gasteiger partial charge in [0, 0.05) is 11.6 Å². The summed E-state index contributed by atoms with van der Waals surface area (Å²) in [5.74, 6) is -0.671. The number of rotatable bonds is 10. The van der Waals surface area contributed by atoms with Gasteiger partial charge in [0.15, 0.2) is 0 Å². The molecule has 3 aromatic rings. The Morgan fingerprint density at radius 1 is 0.865 bits per heavy atom. The van der Waals surface area contributed by atoms with Crippen LogP contribution in [0.2, 0.25) is 0 Å². The highest BCUT2D eigenvalue weighted by atomic mass is 16.5. The third-order valence-corrected chi connectivity index (χ3v) is 6.17. The largest absolute Gasteiger partial charge is 0.465 e. The smallest absolute Gasteiger partial charge is 0.337 e. The molecule has 0 bridgehead atoms. The van der Waals surface area contributed by atoms with E-state index in [1.807, 2.05) is 26.2 Å². The Balaban J connectivity index is 1.73. The van der Waals surface area contributed by atoms with Crippen LogP contribution in [0, 0.1) is 0 Å². The van der Waals surface area contributed by atoms with E-state index >= 15 is 0 Å². The molecule has 3 amide bonds. The van der Waals surface area contributed by atoms with Crippen molar-refractivity contribution in [2.75, 3.05) is 32.3 Å². The number of nitrogen functional groups attached to an aromatic ring is 1. The number of esters is 1. The molecule has 0 heterocycles. The van der Waals surface area contributed by atoms with Crippen molar-refractivity contribution in [3.8, 4) is 0 Å². The molecule has 2 atom stereocenters. The van der Waals surface area contributed by atoms with E-state index in [4.69, 9.17) is 16.2 Å². The second-order valence-corrected chi connectivity index (χ2v) is 8.89. The summed E-state index contributed by atoms with van der Waals surface area (Å²) in [4.78, 5) is 38.3. The Morgan fingerprint density at radius 2 is 1.46 bits per heavy atom. The predicted octanol–water partition coefficient (Wildman–Crippen LogP) is 4.10. The van der Waals surface area contributed by atoms with E-state index in [0.29, 0.717) is 35.3 Å². The second-order valence-electron chi connectivity index (χ2n) is 8.89. The van der Waals surface area contributed by atoms with E-state index in [1.165, 1.54) is 7.11 Å². The monoisotopic (exact) mass is 503 g/mol. The fourth-order valence-corrected chi connectivity index (χ4v) is 4.17. The van der Waals surface area contributed by atoms with Gasteiger partial charge in [-0.2, -0.15) is 0 Å². The number of nitrogens with one attached hydrogen (secondary N) is 2. The summed E-state index contributed by atoms with van der Waals surface area (Å²) in [6.45, 7) is 0. The molecule has 9 heteroatoms. The maximum absolute atomic E-state index is 12.7. The van der Waals surface area contributed by atoms with Gasteiger partial charge in [0.2, 0.25) is 0 Å². The van der Waals surface area contributed by atoms with Gasteiger partial charge in [-0.15, -0.1) is 0 Å². The van der Waals surface area contributed by atoms with Crippen molar-refractivity contribution in [3.05, 3.63) is 95.1 Å². The van der Waals surface area contributed by atoms with Gasteiger partial charge in [-0.05, 0) is 74.5 Å². The molecule has 0 spiro atoms. The van der Waals surface area contributed by atoms with Gasteiger partial charge in [-0.1, -0.05) is 36.4 Å². The number of nitrogens with two attached hydrogens (primary N) is 2. The van der Waals surface area contributed by atoms with E-state index in [1.54, 1.807) is 60.7 Å². The minimum atomic E-state index is -0.629. The second kappa shape index (κ2) is 12.5. The molecule has 6 N–H and O–H groups in total. The van der Waals surface area contributed by atoms with Gasteiger partial charge in [-0.3, -0.25) is 4.79 Å². The Labute approximate surface area is 216 Å². The molecule has 0 fully saturated rings. The number of amides is 3. The maximum atomic E-state index is 12.7. The molecular formula is C28H33N5O4. The van der Waals surface area contributed by atoms with E-state index in [0.717, 1.165) is 11.1 Å². The number of nitrogens with zero attached hydrogens (tertiary/aromatic N) is 1. The highest BCUT2D eigenvalue weighted by Crippen LogP contribution is 2.29. The van der Waals surface area contributed by atoms with Crippen molar-refractivity contribution in [2.24, 2.45) is 5.73 Å². The van der Waals surface area contributed by atoms with Crippen LogP contribution in [0.3, 0.4) is 0 Å². The fourth-order valence-electron chi connectivity index (χ4n) is 4.17. The first-order valence-electron chi connectivity index (χ1n) is 11.9. The summed E-state index contributed by atoms with van der Waals surface area (Å²) in [7, 11) is 5.30. The van der Waals surface area contributed by atoms with Crippen LogP contribution in [0.4, 0.5) is 16.2 Å². The van der Waals surface area contributed by atoms with Crippen LogP contribution < -0.4 is 22.1 Å². The number of urea groups is 1. The lowest BCUT2D eigenvalue weighted by Crippen LogP contribution is -2.34. The highest BCUT2D eigenvalue weighted by molar-refractivity contribution is 6.05. The first-order chi connectivity index (χ1) is 17.7. The topological polar surface area (TPSA) is 140 Å². The molecule has 0 aromatic heterocycles. The van der Waals surface area contributed by atoms with Gasteiger partial charge in [0.05, 0.1) is 30.1 Å². The molecule has 0 aliphatic rings. The molecule has 3 aromatic carbocycles. The Kier molecular flexibility index (Phi) is 9.23. The minimum Gasteiger partial charge on any atom is -0.465 e. The number of carbonyl (C=O) groups excluding carboxylic acids is 3. The number of benzene rings is 3. The van der Waals surface area contributed by atoms with Crippen molar-refractivity contribution in [3.63, 3.8) is 0 Å². The number of hydrogen-bond donors (Lipinski definition) is 4. The molecule has 3 rings (SSSR count). The van der Waals surface area contributed by atoms with E-state index in [-0.39, 0.29) is 24.0 Å². The first-order valence-corrected chi connectivity index (χ1v) is 11.9. The van der Waals surface area contributed by atoms with E-state index in [9.17, 15) is 14.4 Å². The molecule has 0 radical (unpaired) electrons. The van der Waals surface area contributed by atoms with Gasteiger partial charge in [0.1, 0.15) is 0 Å². The number of methoxy groups -OCH3 is 1. The summed E-state index contributed by atoms with van der Waals surface area (Å²) >= 11 is 0. The van der Waals surface area contributed by atoms with Crippen LogP contribution in [0.5, 0.6) is 0 Å². The van der Waals surface area contributed by atoms with Crippen molar-refractivity contribution in [2.45, 2.75) is 24.9 Å². The normalized spacial score (nSPS) is 12.4. The van der Waals surface area contributed by atoms with Crippen LogP contribution in [0.1, 0.15) is 56.8 Å². The summed E-state index contributed by atoms with van der Waals surface area (Å²) in [5.41, 5.74) is 15.2. The molecule has 9 nitrogen and oxygen atoms in total. The van der Waals surface area contributed by atoms with Gasteiger partial charge in [0.25, 0.3) is 5.91 Å². The summed E-state index contributed by atoms with van der Waals surface area (Å²) < 4.78 is 4.77. The summed E-state index contributed by atoms with van der Waals surface area (Å²) in [5, 5.41) is 5.62. The first kappa shape index (κ1) is 27.2. The zero-order valence-electron chi connectivity index (χ0n) is 21.2. The third kappa shape index (κ3) is 7.31. The molecule has 2 unspecified atom stereocenters. The quantitative estimate of drug-likeness (QED) is 0.243. The molecule has 0 saturated carbocycles. The summed E-state index contributed by atoms with van der Waals surface area (Å²) in [6, 6.07) is 20.4. The van der Waals surface area contributed by atoms with Crippen molar-refractivity contribution >= 4 is 29.3 Å². The van der Waals surface area contributed by atoms with Crippen LogP contribution in [-0.2, 0) is 4.74 Å². The van der Waals surface area contributed by atoms with Crippen LogP contribution in [0.25, 0.3) is 0 Å². The van der Waals surface area contributed by atoms with Crippen molar-refractivity contribution < 1.29 is 19.1 Å². The Hall–Kier alpha value is -4.37. The highest BCUT2D eigenvalue weighted by Gasteiger charge is 2.20. The predicted molar refractivity (Wildman–Crippen MR) is 144 cm³/mol. The average molecular weight is 504 g/mol. The number of primary amides is 1. The zero-order valence-corrected chi connectivity index (χ0v) is 21.2. The van der Waals surface area contributed by atoms with Gasteiger partial charge in [-0.25, -0.2) is 9.59 Å². The number of para-hydroxylation sites is 2. The lowest BCUT2D eigenvalue weighted by Gasteiger charge is -2.27. The van der Waals surface area contributed by atoms with Crippen LogP contribution in [0.15, 0.2) is 72.8 Å². The summed E-state index contributed by atoms with van der Waals surface area (Å²) in [6.07, 6.45) is 1.29. The number of hydrogen-bond acceptors (Lipinski definition) is 6. The van der Waals surface area contributed by atoms with Gasteiger partial charge < -0.3 is 31.7 Å². The van der Waals surface area contributed by atoms with Gasteiger partial charge >= 0.3 is 12.0 Å². The SMILES string of the molecule is COC(=O)c1ccc(C(CCC(NC(N)=O)c2ccc(C(=O)Nc3ccccc3N)cc2)N(C)C)cc1. The third-order valence-electron chi connectivity index (χ3n) is 6.17. The molecule has 0 saturated heterocycles. The molecule has 37 heavy (non-hydrogen) atoms. The van der Waals surface area contributed by atoms with Crippen molar-refractivity contribution in [1.29, 1.82) is 0 Å². The Bertz CT molecular complexity index is 1230. The number of carbonyl (C=O) groups is 3. The van der Waals surface area contributed by atoms with E-state index in [2.05, 4.69) is 15.5 Å². The number of ether oxygens (including phenoxy) is 1. The molecule has 194 valence electrons. The zero-order chi connectivity index (χ0) is 26.9. The molecule has 0 aliphatic carbocycles. The number of anilines is 2. The minimum absolute atomic E-state index is 0.0326. The standard InChI is InChI=1S/C28H33N5O4/c1-33(2)25(19-10-14-21(15-11-19)27(35)37-3)17-16-23(32-28(30)36)18-8-12-20(13-9-18)26(34)31-24-7-5-4-6-22(24)29/h4-15,23,25H,16-17,29H2,1-3H3,(H,31,34)(H3,30,32,36). The fraction of sp³-hybridized carbons (Fsp3) is 0.250. The maximum Gasteiger partial charge on any atom is 0.337 e. The van der Waals surface area contributed by atoms with Crippen LogP contribution >= 0.6 is 0 Å².